The molecule has 51 valence electrons. The topological polar surface area (TPSA) is 26.3 Å². The zero-order chi connectivity index (χ0) is 6.97. The van der Waals surface area contributed by atoms with Gasteiger partial charge in [0, 0.05) is 24.4 Å². The van der Waals surface area contributed by atoms with Gasteiger partial charge in [-0.25, -0.2) is 4.79 Å². The fourth-order valence-corrected chi connectivity index (χ4v) is 1.07. The monoisotopic (exact) mass is 141 g/mol. The first-order valence-corrected chi connectivity index (χ1v) is 3.13. The number of benzene rings is 1. The molecule has 0 aromatic heterocycles. The van der Waals surface area contributed by atoms with Gasteiger partial charge in [-0.2, -0.15) is 0 Å². The number of esters is 1. The van der Waals surface area contributed by atoms with Gasteiger partial charge >= 0.3 is 5.97 Å². The van der Waals surface area contributed by atoms with Crippen molar-refractivity contribution < 1.29 is 9.53 Å². The van der Waals surface area contributed by atoms with E-state index in [0.29, 0.717) is 12.2 Å². The van der Waals surface area contributed by atoms with E-state index in [9.17, 15) is 4.79 Å². The summed E-state index contributed by atoms with van der Waals surface area (Å²) in [7, 11) is 0. The summed E-state index contributed by atoms with van der Waals surface area (Å²) in [6.07, 6.45) is 0. The number of fused-ring (bicyclic) bond motifs is 1. The molecule has 0 bridgehead atoms. The number of carbonyl (C=O) groups excluding carboxylic acids is 1. The molecule has 0 fully saturated rings. The van der Waals surface area contributed by atoms with Crippen LogP contribution in [0.25, 0.3) is 0 Å². The van der Waals surface area contributed by atoms with Gasteiger partial charge in [0.1, 0.15) is 6.61 Å². The number of carbonyl (C=O) groups is 1. The SMILES string of the molecule is O=C1OCc2ccccc21.[Li]. The Bertz CT molecular complexity index is 283. The van der Waals surface area contributed by atoms with Crippen LogP contribution in [-0.2, 0) is 11.3 Å². The van der Waals surface area contributed by atoms with E-state index in [1.54, 1.807) is 6.07 Å². The summed E-state index contributed by atoms with van der Waals surface area (Å²) in [5.74, 6) is -0.199. The van der Waals surface area contributed by atoms with Crippen molar-refractivity contribution in [2.75, 3.05) is 0 Å². The van der Waals surface area contributed by atoms with Crippen molar-refractivity contribution in [1.82, 2.24) is 0 Å². The third-order valence-corrected chi connectivity index (χ3v) is 1.60. The second-order valence-corrected chi connectivity index (χ2v) is 2.23. The van der Waals surface area contributed by atoms with Gasteiger partial charge in [0.2, 0.25) is 0 Å². The van der Waals surface area contributed by atoms with Crippen molar-refractivity contribution in [2.24, 2.45) is 0 Å². The third kappa shape index (κ3) is 1.33. The number of hydrogen-bond acceptors (Lipinski definition) is 2. The molecule has 1 heterocycles. The Hall–Kier alpha value is -0.713. The molecular formula is C8H6LiO2. The van der Waals surface area contributed by atoms with Gasteiger partial charge < -0.3 is 4.74 Å². The van der Waals surface area contributed by atoms with Crippen LogP contribution in [0.2, 0.25) is 0 Å². The Morgan fingerprint density at radius 1 is 1.27 bits per heavy atom. The largest absolute Gasteiger partial charge is 0.457 e. The predicted octanol–water partition coefficient (Wildman–Crippen LogP) is 0.976. The first-order valence-electron chi connectivity index (χ1n) is 3.13. The summed E-state index contributed by atoms with van der Waals surface area (Å²) in [5, 5.41) is 0. The van der Waals surface area contributed by atoms with E-state index in [2.05, 4.69) is 0 Å². The van der Waals surface area contributed by atoms with Crippen molar-refractivity contribution in [3.05, 3.63) is 35.4 Å². The molecule has 0 N–H and O–H groups in total. The Morgan fingerprint density at radius 2 is 2.00 bits per heavy atom. The molecule has 1 radical (unpaired) electrons. The van der Waals surface area contributed by atoms with Gasteiger partial charge in [0.05, 0.1) is 5.56 Å². The van der Waals surface area contributed by atoms with Crippen LogP contribution >= 0.6 is 0 Å². The van der Waals surface area contributed by atoms with Crippen LogP contribution < -0.4 is 0 Å². The maximum Gasteiger partial charge on any atom is 0.338 e. The van der Waals surface area contributed by atoms with Gasteiger partial charge in [-0.3, -0.25) is 0 Å². The molecule has 0 saturated heterocycles. The molecule has 0 atom stereocenters. The third-order valence-electron chi connectivity index (χ3n) is 1.60. The van der Waals surface area contributed by atoms with Crippen molar-refractivity contribution in [3.8, 4) is 0 Å². The standard InChI is InChI=1S/C8H6O2.Li/c9-8-7-4-2-1-3-6(7)5-10-8;/h1-4H,5H2;. The average molecular weight is 141 g/mol. The molecule has 1 aromatic rings. The van der Waals surface area contributed by atoms with E-state index in [1.807, 2.05) is 18.2 Å². The molecule has 3 heteroatoms. The number of hydrogen-bond donors (Lipinski definition) is 0. The minimum atomic E-state index is -0.199. The second-order valence-electron chi connectivity index (χ2n) is 2.23. The molecule has 0 amide bonds. The smallest absolute Gasteiger partial charge is 0.338 e. The fourth-order valence-electron chi connectivity index (χ4n) is 1.07. The van der Waals surface area contributed by atoms with E-state index in [0.717, 1.165) is 5.56 Å². The van der Waals surface area contributed by atoms with Crippen LogP contribution in [0.1, 0.15) is 15.9 Å². The van der Waals surface area contributed by atoms with Gasteiger partial charge in [0.25, 0.3) is 0 Å². The summed E-state index contributed by atoms with van der Waals surface area (Å²) >= 11 is 0. The predicted molar refractivity (Wildman–Crippen MR) is 41.3 cm³/mol. The molecule has 11 heavy (non-hydrogen) atoms. The second kappa shape index (κ2) is 3.12. The maximum absolute atomic E-state index is 10.8. The molecule has 0 spiro atoms. The molecule has 2 rings (SSSR count). The van der Waals surface area contributed by atoms with Crippen LogP contribution in [-0.4, -0.2) is 24.8 Å². The molecule has 1 aliphatic heterocycles. The molecule has 0 aliphatic carbocycles. The van der Waals surface area contributed by atoms with Gasteiger partial charge in [-0.15, -0.1) is 0 Å². The maximum atomic E-state index is 10.8. The van der Waals surface area contributed by atoms with E-state index < -0.39 is 0 Å². The zero-order valence-electron chi connectivity index (χ0n) is 6.33. The van der Waals surface area contributed by atoms with Gasteiger partial charge in [-0.05, 0) is 6.07 Å². The molecular weight excluding hydrogens is 135 g/mol. The normalized spacial score (nSPS) is 13.3. The summed E-state index contributed by atoms with van der Waals surface area (Å²) in [6.45, 7) is 0.439. The average Bonchev–Trinajstić information content (AvgIpc) is 2.34. The quantitative estimate of drug-likeness (QED) is 0.397. The molecule has 0 unspecified atom stereocenters. The van der Waals surface area contributed by atoms with E-state index in [1.165, 1.54) is 0 Å². The minimum absolute atomic E-state index is 0. The van der Waals surface area contributed by atoms with E-state index in [-0.39, 0.29) is 24.8 Å². The first kappa shape index (κ1) is 8.38. The number of ether oxygens (including phenoxy) is 1. The van der Waals surface area contributed by atoms with E-state index >= 15 is 0 Å². The van der Waals surface area contributed by atoms with E-state index in [4.69, 9.17) is 4.74 Å². The van der Waals surface area contributed by atoms with Crippen LogP contribution in [0.3, 0.4) is 0 Å². The summed E-state index contributed by atoms with van der Waals surface area (Å²) in [5.41, 5.74) is 1.70. The molecule has 2 nitrogen and oxygen atoms in total. The number of rotatable bonds is 0. The van der Waals surface area contributed by atoms with Crippen molar-refractivity contribution in [2.45, 2.75) is 6.61 Å². The van der Waals surface area contributed by atoms with Crippen LogP contribution in [0.4, 0.5) is 0 Å². The van der Waals surface area contributed by atoms with Crippen molar-refractivity contribution in [3.63, 3.8) is 0 Å². The minimum Gasteiger partial charge on any atom is -0.457 e. The van der Waals surface area contributed by atoms with Crippen molar-refractivity contribution in [1.29, 1.82) is 0 Å². The molecule has 0 saturated carbocycles. The summed E-state index contributed by atoms with van der Waals surface area (Å²) in [4.78, 5) is 10.8. The Balaban J connectivity index is 0.000000605. The van der Waals surface area contributed by atoms with Gasteiger partial charge in [-0.1, -0.05) is 18.2 Å². The number of cyclic esters (lactones) is 1. The summed E-state index contributed by atoms with van der Waals surface area (Å²) < 4.78 is 4.78. The Morgan fingerprint density at radius 3 is 2.73 bits per heavy atom. The van der Waals surface area contributed by atoms with Crippen molar-refractivity contribution >= 4 is 24.8 Å². The Labute approximate surface area is 76.7 Å². The first-order chi connectivity index (χ1) is 4.88. The van der Waals surface area contributed by atoms with Crippen LogP contribution in [0, 0.1) is 0 Å². The Kier molecular flexibility index (Phi) is 2.38. The van der Waals surface area contributed by atoms with Crippen LogP contribution in [0.5, 0.6) is 0 Å². The zero-order valence-corrected chi connectivity index (χ0v) is 6.33. The molecule has 1 aliphatic rings. The van der Waals surface area contributed by atoms with Crippen LogP contribution in [0.15, 0.2) is 24.3 Å². The van der Waals surface area contributed by atoms with Gasteiger partial charge in [0.15, 0.2) is 0 Å². The molecule has 1 aromatic carbocycles. The fraction of sp³-hybridized carbons (Fsp3) is 0.125. The summed E-state index contributed by atoms with van der Waals surface area (Å²) in [6, 6.07) is 7.43.